The van der Waals surface area contributed by atoms with Crippen molar-refractivity contribution in [1.29, 1.82) is 0 Å². The number of nitrogens with two attached hydrogens (primary N) is 2. The molecule has 2 heterocycles. The molecular formula is C25H34N10O10S. The zero-order chi connectivity index (χ0) is 34.4. The number of amides is 7. The minimum Gasteiger partial charge on any atom is -0.480 e. The lowest BCUT2D eigenvalue weighted by Crippen LogP contribution is -2.49. The van der Waals surface area contributed by atoms with Crippen molar-refractivity contribution in [2.24, 2.45) is 11.5 Å². The van der Waals surface area contributed by atoms with Crippen molar-refractivity contribution in [1.82, 2.24) is 41.9 Å². The number of nitrogens with zero attached hydrogens (tertiary/aromatic N) is 2. The van der Waals surface area contributed by atoms with Crippen LogP contribution in [-0.4, -0.2) is 100 Å². The molecule has 0 saturated heterocycles. The van der Waals surface area contributed by atoms with Crippen molar-refractivity contribution in [3.63, 3.8) is 0 Å². The molecule has 0 radical (unpaired) electrons. The standard InChI is InChI=1S/C25H34N10O10S/c1-11(32-19(39)7-29-22(41)13(26)3-4-16(27)36)21(40)31-8-20-34-15(10-46-20)24-35-14(9-45-24)23(42)30-5-17(37)28-6-18(38)33-12(2)25(43)44/h9-13H,3-8,26H2,1-2H3,(H2,27,36)(H,28,37)(H,29,41)(H,30,42)(H,31,40)(H,32,39)(H,33,38)(H,43,44). The number of aliphatic carboxylic acids is 1. The van der Waals surface area contributed by atoms with Gasteiger partial charge in [-0.25, -0.2) is 9.97 Å². The lowest BCUT2D eigenvalue weighted by Gasteiger charge is -2.15. The van der Waals surface area contributed by atoms with Crippen LogP contribution < -0.4 is 43.4 Å². The molecule has 3 atom stereocenters. The van der Waals surface area contributed by atoms with Crippen molar-refractivity contribution in [2.45, 2.75) is 51.4 Å². The van der Waals surface area contributed by atoms with E-state index < -0.39 is 85.1 Å². The van der Waals surface area contributed by atoms with E-state index in [0.717, 1.165) is 17.6 Å². The fraction of sp³-hybridized carbons (Fsp3) is 0.440. The normalized spacial score (nSPS) is 12.5. The monoisotopic (exact) mass is 666 g/mol. The Labute approximate surface area is 264 Å². The van der Waals surface area contributed by atoms with Crippen LogP contribution in [0.3, 0.4) is 0 Å². The molecule has 0 spiro atoms. The Balaban J connectivity index is 1.75. The van der Waals surface area contributed by atoms with E-state index in [1.54, 1.807) is 5.38 Å². The Kier molecular flexibility index (Phi) is 14.2. The number of carbonyl (C=O) groups is 8. The van der Waals surface area contributed by atoms with Crippen LogP contribution in [0.4, 0.5) is 0 Å². The summed E-state index contributed by atoms with van der Waals surface area (Å²) in [6, 6.07) is -3.11. The average Bonchev–Trinajstić information content (AvgIpc) is 3.69. The van der Waals surface area contributed by atoms with Crippen LogP contribution in [0, 0.1) is 0 Å². The van der Waals surface area contributed by atoms with Crippen molar-refractivity contribution in [3.8, 4) is 11.6 Å². The smallest absolute Gasteiger partial charge is 0.325 e. The number of hydrogen-bond acceptors (Lipinski definition) is 13. The molecule has 0 bridgehead atoms. The summed E-state index contributed by atoms with van der Waals surface area (Å²) in [5, 5.41) is 24.8. The number of rotatable bonds is 18. The van der Waals surface area contributed by atoms with E-state index in [0.29, 0.717) is 5.01 Å². The molecule has 7 amide bonds. The van der Waals surface area contributed by atoms with Gasteiger partial charge in [-0.1, -0.05) is 0 Å². The molecule has 0 aliphatic rings. The number of thiazole rings is 1. The molecule has 0 fully saturated rings. The van der Waals surface area contributed by atoms with E-state index >= 15 is 0 Å². The van der Waals surface area contributed by atoms with E-state index in [2.05, 4.69) is 41.9 Å². The number of carbonyl (C=O) groups excluding carboxylic acids is 7. The minimum atomic E-state index is -1.24. The van der Waals surface area contributed by atoms with Gasteiger partial charge in [0.1, 0.15) is 29.0 Å². The Morgan fingerprint density at radius 2 is 1.50 bits per heavy atom. The topological polar surface area (TPSA) is 320 Å². The molecule has 250 valence electrons. The predicted molar refractivity (Wildman–Crippen MR) is 157 cm³/mol. The second-order valence-corrected chi connectivity index (χ2v) is 10.5. The molecule has 0 aliphatic carbocycles. The largest absolute Gasteiger partial charge is 0.480 e. The van der Waals surface area contributed by atoms with Gasteiger partial charge in [-0.3, -0.25) is 38.4 Å². The number of nitrogens with one attached hydrogen (secondary N) is 6. The highest BCUT2D eigenvalue weighted by molar-refractivity contribution is 7.09. The van der Waals surface area contributed by atoms with Gasteiger partial charge in [0, 0.05) is 11.8 Å². The summed E-state index contributed by atoms with van der Waals surface area (Å²) in [5.74, 6) is -5.87. The molecule has 2 aromatic rings. The number of carboxylic acid groups (broad SMARTS) is 1. The maximum absolute atomic E-state index is 12.4. The van der Waals surface area contributed by atoms with Gasteiger partial charge < -0.3 is 52.9 Å². The average molecular weight is 667 g/mol. The molecule has 11 N–H and O–H groups in total. The quantitative estimate of drug-likeness (QED) is 0.0735. The summed E-state index contributed by atoms with van der Waals surface area (Å²) in [4.78, 5) is 102. The second-order valence-electron chi connectivity index (χ2n) is 9.59. The molecule has 46 heavy (non-hydrogen) atoms. The molecule has 2 rings (SSSR count). The van der Waals surface area contributed by atoms with Gasteiger partial charge in [-0.2, -0.15) is 0 Å². The predicted octanol–water partition coefficient (Wildman–Crippen LogP) is -3.94. The maximum atomic E-state index is 12.4. The van der Waals surface area contributed by atoms with Gasteiger partial charge in [0.25, 0.3) is 5.91 Å². The first-order chi connectivity index (χ1) is 21.7. The van der Waals surface area contributed by atoms with E-state index in [1.807, 2.05) is 0 Å². The number of oxazole rings is 1. The Hall–Kier alpha value is -5.44. The van der Waals surface area contributed by atoms with E-state index in [9.17, 15) is 38.4 Å². The minimum absolute atomic E-state index is 0.00836. The Morgan fingerprint density at radius 1 is 0.870 bits per heavy atom. The van der Waals surface area contributed by atoms with E-state index in [4.69, 9.17) is 21.0 Å². The highest BCUT2D eigenvalue weighted by atomic mass is 32.1. The molecule has 0 aromatic carbocycles. The molecule has 2 aromatic heterocycles. The lowest BCUT2D eigenvalue weighted by molar-refractivity contribution is -0.141. The fourth-order valence-corrected chi connectivity index (χ4v) is 3.94. The third kappa shape index (κ3) is 12.7. The number of hydrogen-bond donors (Lipinski definition) is 9. The molecule has 0 saturated carbocycles. The van der Waals surface area contributed by atoms with Crippen LogP contribution in [0.5, 0.6) is 0 Å². The molecule has 20 nitrogen and oxygen atoms in total. The SMILES string of the molecule is CC(NC(=O)CNC(=O)CNC(=O)c1coc(-c2csc(CNC(=O)C(C)NC(=O)CNC(=O)C(N)CCC(N)=O)n2)n1)C(=O)O. The van der Waals surface area contributed by atoms with E-state index in [-0.39, 0.29) is 36.7 Å². The molecule has 21 heteroatoms. The first kappa shape index (κ1) is 36.8. The summed E-state index contributed by atoms with van der Waals surface area (Å²) >= 11 is 1.16. The number of primary amides is 1. The summed E-state index contributed by atoms with van der Waals surface area (Å²) in [6.45, 7) is 1.26. The Bertz CT molecular complexity index is 1460. The van der Waals surface area contributed by atoms with Crippen LogP contribution in [-0.2, 0) is 40.1 Å². The van der Waals surface area contributed by atoms with Crippen LogP contribution in [0.15, 0.2) is 16.1 Å². The summed E-state index contributed by atoms with van der Waals surface area (Å²) in [7, 11) is 0. The first-order valence-corrected chi connectivity index (χ1v) is 14.4. The highest BCUT2D eigenvalue weighted by Gasteiger charge is 2.20. The van der Waals surface area contributed by atoms with Gasteiger partial charge in [-0.05, 0) is 20.3 Å². The first-order valence-electron chi connectivity index (χ1n) is 13.5. The fourth-order valence-electron chi connectivity index (χ4n) is 3.23. The number of aromatic nitrogens is 2. The van der Waals surface area contributed by atoms with Crippen molar-refractivity contribution in [2.75, 3.05) is 19.6 Å². The third-order valence-corrected chi connectivity index (χ3v) is 6.61. The highest BCUT2D eigenvalue weighted by Crippen LogP contribution is 2.21. The van der Waals surface area contributed by atoms with Crippen molar-refractivity contribution in [3.05, 3.63) is 22.3 Å². The van der Waals surface area contributed by atoms with Gasteiger partial charge in [0.15, 0.2) is 5.69 Å². The van der Waals surface area contributed by atoms with Crippen molar-refractivity contribution < 1.29 is 47.9 Å². The molecule has 0 aliphatic heterocycles. The second kappa shape index (κ2) is 17.8. The summed E-state index contributed by atoms with van der Waals surface area (Å²) in [6.07, 6.45) is 0.990. The number of carboxylic acids is 1. The van der Waals surface area contributed by atoms with Crippen molar-refractivity contribution >= 4 is 58.7 Å². The third-order valence-electron chi connectivity index (χ3n) is 5.76. The van der Waals surface area contributed by atoms with Crippen LogP contribution in [0.25, 0.3) is 11.6 Å². The van der Waals surface area contributed by atoms with Crippen LogP contribution in [0.2, 0.25) is 0 Å². The molecular weight excluding hydrogens is 632 g/mol. The Morgan fingerprint density at radius 3 is 2.15 bits per heavy atom. The van der Waals surface area contributed by atoms with E-state index in [1.165, 1.54) is 13.8 Å². The van der Waals surface area contributed by atoms with Crippen LogP contribution in [0.1, 0.15) is 42.2 Å². The van der Waals surface area contributed by atoms with Crippen LogP contribution >= 0.6 is 11.3 Å². The lowest BCUT2D eigenvalue weighted by atomic mass is 10.1. The zero-order valence-electron chi connectivity index (χ0n) is 24.7. The van der Waals surface area contributed by atoms with Gasteiger partial charge in [0.05, 0.1) is 32.2 Å². The van der Waals surface area contributed by atoms with Gasteiger partial charge in [-0.15, -0.1) is 11.3 Å². The van der Waals surface area contributed by atoms with Gasteiger partial charge >= 0.3 is 5.97 Å². The molecule has 3 unspecified atom stereocenters. The maximum Gasteiger partial charge on any atom is 0.325 e. The summed E-state index contributed by atoms with van der Waals surface area (Å²) in [5.41, 5.74) is 10.7. The zero-order valence-corrected chi connectivity index (χ0v) is 25.5. The summed E-state index contributed by atoms with van der Waals surface area (Å²) < 4.78 is 5.29. The van der Waals surface area contributed by atoms with Gasteiger partial charge in [0.2, 0.25) is 41.3 Å².